The monoisotopic (exact) mass is 235 g/mol. The number of aromatic nitrogens is 1. The number of aryl methyl sites for hydroxylation is 1. The van der Waals surface area contributed by atoms with Gasteiger partial charge in [0.15, 0.2) is 0 Å². The number of hydrogen-bond acceptors (Lipinski definition) is 2. The first-order valence-electron chi connectivity index (χ1n) is 5.13. The minimum absolute atomic E-state index is 0.158. The first-order chi connectivity index (χ1) is 8.16. The number of rotatable bonds is 3. The third kappa shape index (κ3) is 2.78. The lowest BCUT2D eigenvalue weighted by molar-refractivity contribution is -0.0498. The third-order valence-corrected chi connectivity index (χ3v) is 2.40. The molecule has 2 aromatic rings. The largest absolute Gasteiger partial charge is 0.435 e. The van der Waals surface area contributed by atoms with E-state index in [-0.39, 0.29) is 5.75 Å². The van der Waals surface area contributed by atoms with E-state index < -0.39 is 6.61 Å². The minimum atomic E-state index is -2.79. The standard InChI is InChI=1S/C13H11F2NO/c1-9-12(3-2-8-16-9)10-4-6-11(7-5-10)17-13(14)15/h2-8,13H,1H3. The number of pyridine rings is 1. The fourth-order valence-corrected chi connectivity index (χ4v) is 1.61. The summed E-state index contributed by atoms with van der Waals surface area (Å²) in [6.45, 7) is -0.889. The van der Waals surface area contributed by atoms with E-state index in [9.17, 15) is 8.78 Å². The van der Waals surface area contributed by atoms with Gasteiger partial charge in [-0.05, 0) is 30.7 Å². The molecule has 0 aliphatic rings. The Labute approximate surface area is 97.9 Å². The molecule has 4 heteroatoms. The number of hydrogen-bond donors (Lipinski definition) is 0. The first kappa shape index (κ1) is 11.5. The quantitative estimate of drug-likeness (QED) is 0.810. The lowest BCUT2D eigenvalue weighted by Gasteiger charge is -2.07. The maximum absolute atomic E-state index is 12.0. The van der Waals surface area contributed by atoms with E-state index in [1.807, 2.05) is 19.1 Å². The second-order valence-electron chi connectivity index (χ2n) is 3.54. The van der Waals surface area contributed by atoms with E-state index in [1.165, 1.54) is 12.1 Å². The van der Waals surface area contributed by atoms with Gasteiger partial charge in [-0.3, -0.25) is 4.98 Å². The van der Waals surface area contributed by atoms with Crippen LogP contribution in [0, 0.1) is 6.92 Å². The van der Waals surface area contributed by atoms with Crippen LogP contribution in [0.4, 0.5) is 8.78 Å². The molecule has 0 fully saturated rings. The molecule has 0 saturated heterocycles. The van der Waals surface area contributed by atoms with Crippen LogP contribution in [-0.2, 0) is 0 Å². The molecule has 0 bridgehead atoms. The average molecular weight is 235 g/mol. The molecule has 17 heavy (non-hydrogen) atoms. The highest BCUT2D eigenvalue weighted by Crippen LogP contribution is 2.24. The fourth-order valence-electron chi connectivity index (χ4n) is 1.61. The van der Waals surface area contributed by atoms with Gasteiger partial charge in [-0.25, -0.2) is 0 Å². The van der Waals surface area contributed by atoms with Gasteiger partial charge in [0.2, 0.25) is 0 Å². The maximum Gasteiger partial charge on any atom is 0.387 e. The molecule has 1 heterocycles. The third-order valence-electron chi connectivity index (χ3n) is 2.40. The predicted octanol–water partition coefficient (Wildman–Crippen LogP) is 3.66. The Kier molecular flexibility index (Phi) is 3.32. The lowest BCUT2D eigenvalue weighted by atomic mass is 10.0. The summed E-state index contributed by atoms with van der Waals surface area (Å²) in [5.74, 6) is 0.158. The van der Waals surface area contributed by atoms with Crippen LogP contribution in [0.3, 0.4) is 0 Å². The van der Waals surface area contributed by atoms with E-state index >= 15 is 0 Å². The van der Waals surface area contributed by atoms with Crippen molar-refractivity contribution in [1.82, 2.24) is 4.98 Å². The van der Waals surface area contributed by atoms with E-state index in [0.29, 0.717) is 0 Å². The van der Waals surface area contributed by atoms with Gasteiger partial charge < -0.3 is 4.74 Å². The summed E-state index contributed by atoms with van der Waals surface area (Å²) in [5.41, 5.74) is 2.81. The van der Waals surface area contributed by atoms with Crippen LogP contribution in [0.5, 0.6) is 5.75 Å². The van der Waals surface area contributed by atoms with E-state index in [1.54, 1.807) is 18.3 Å². The van der Waals surface area contributed by atoms with Crippen LogP contribution in [0.2, 0.25) is 0 Å². The number of nitrogens with zero attached hydrogens (tertiary/aromatic N) is 1. The second kappa shape index (κ2) is 4.91. The molecule has 0 atom stereocenters. The Morgan fingerprint density at radius 1 is 1.12 bits per heavy atom. The molecule has 0 N–H and O–H groups in total. The average Bonchev–Trinajstić information content (AvgIpc) is 2.30. The van der Waals surface area contributed by atoms with E-state index in [2.05, 4.69) is 9.72 Å². The van der Waals surface area contributed by atoms with Crippen LogP contribution < -0.4 is 4.74 Å². The second-order valence-corrected chi connectivity index (χ2v) is 3.54. The zero-order chi connectivity index (χ0) is 12.3. The van der Waals surface area contributed by atoms with Crippen molar-refractivity contribution < 1.29 is 13.5 Å². The van der Waals surface area contributed by atoms with Gasteiger partial charge in [-0.2, -0.15) is 8.78 Å². The van der Waals surface area contributed by atoms with Gasteiger partial charge >= 0.3 is 6.61 Å². The van der Waals surface area contributed by atoms with Crippen molar-refractivity contribution in [3.05, 3.63) is 48.3 Å². The van der Waals surface area contributed by atoms with Gasteiger partial charge in [-0.15, -0.1) is 0 Å². The van der Waals surface area contributed by atoms with Crippen LogP contribution in [0.15, 0.2) is 42.6 Å². The highest BCUT2D eigenvalue weighted by molar-refractivity contribution is 5.66. The van der Waals surface area contributed by atoms with Crippen LogP contribution in [0.1, 0.15) is 5.69 Å². The van der Waals surface area contributed by atoms with Crippen molar-refractivity contribution in [2.45, 2.75) is 13.5 Å². The van der Waals surface area contributed by atoms with Gasteiger partial charge in [0.1, 0.15) is 5.75 Å². The van der Waals surface area contributed by atoms with Gasteiger partial charge in [0.05, 0.1) is 0 Å². The van der Waals surface area contributed by atoms with Crippen molar-refractivity contribution in [2.24, 2.45) is 0 Å². The Hall–Kier alpha value is -1.97. The summed E-state index contributed by atoms with van der Waals surface area (Å²) in [7, 11) is 0. The summed E-state index contributed by atoms with van der Waals surface area (Å²) in [6.07, 6.45) is 1.72. The molecule has 0 spiro atoms. The van der Waals surface area contributed by atoms with Crippen molar-refractivity contribution in [1.29, 1.82) is 0 Å². The minimum Gasteiger partial charge on any atom is -0.435 e. The summed E-state index contributed by atoms with van der Waals surface area (Å²) in [4.78, 5) is 4.18. The van der Waals surface area contributed by atoms with Crippen molar-refractivity contribution in [2.75, 3.05) is 0 Å². The molecule has 1 aromatic carbocycles. The topological polar surface area (TPSA) is 22.1 Å². The van der Waals surface area contributed by atoms with Gasteiger partial charge in [-0.1, -0.05) is 18.2 Å². The molecule has 0 unspecified atom stereocenters. The van der Waals surface area contributed by atoms with E-state index in [0.717, 1.165) is 16.8 Å². The van der Waals surface area contributed by atoms with Crippen LogP contribution in [0.25, 0.3) is 11.1 Å². The van der Waals surface area contributed by atoms with Gasteiger partial charge in [0, 0.05) is 17.5 Å². The van der Waals surface area contributed by atoms with Crippen molar-refractivity contribution in [3.8, 4) is 16.9 Å². The van der Waals surface area contributed by atoms with Gasteiger partial charge in [0.25, 0.3) is 0 Å². The molecule has 1 aromatic heterocycles. The van der Waals surface area contributed by atoms with E-state index in [4.69, 9.17) is 0 Å². The van der Waals surface area contributed by atoms with Crippen molar-refractivity contribution in [3.63, 3.8) is 0 Å². The molecule has 0 radical (unpaired) electrons. The van der Waals surface area contributed by atoms with Crippen LogP contribution in [-0.4, -0.2) is 11.6 Å². The highest BCUT2D eigenvalue weighted by atomic mass is 19.3. The molecule has 2 rings (SSSR count). The molecular weight excluding hydrogens is 224 g/mol. The molecule has 0 aliphatic heterocycles. The molecule has 0 amide bonds. The molecule has 0 saturated carbocycles. The number of halogens is 2. The number of benzene rings is 1. The smallest absolute Gasteiger partial charge is 0.387 e. The van der Waals surface area contributed by atoms with Crippen LogP contribution >= 0.6 is 0 Å². The Morgan fingerprint density at radius 3 is 2.41 bits per heavy atom. The molecule has 88 valence electrons. The SMILES string of the molecule is Cc1ncccc1-c1ccc(OC(F)F)cc1. The summed E-state index contributed by atoms with van der Waals surface area (Å²) < 4.78 is 28.2. The molecular formula is C13H11F2NO. The zero-order valence-electron chi connectivity index (χ0n) is 9.23. The summed E-state index contributed by atoms with van der Waals surface area (Å²) in [5, 5.41) is 0. The normalized spacial score (nSPS) is 10.6. The number of alkyl halides is 2. The Bertz CT molecular complexity index is 497. The predicted molar refractivity (Wildman–Crippen MR) is 61.0 cm³/mol. The lowest BCUT2D eigenvalue weighted by Crippen LogP contribution is -2.01. The summed E-state index contributed by atoms with van der Waals surface area (Å²) in [6, 6.07) is 10.3. The fraction of sp³-hybridized carbons (Fsp3) is 0.154. The highest BCUT2D eigenvalue weighted by Gasteiger charge is 2.05. The zero-order valence-corrected chi connectivity index (χ0v) is 9.23. The molecule has 0 aliphatic carbocycles. The van der Waals surface area contributed by atoms with Crippen molar-refractivity contribution >= 4 is 0 Å². The first-order valence-corrected chi connectivity index (χ1v) is 5.13. The Morgan fingerprint density at radius 2 is 1.82 bits per heavy atom. The molecule has 2 nitrogen and oxygen atoms in total. The Balaban J connectivity index is 2.27. The maximum atomic E-state index is 12.0. The number of ether oxygens (including phenoxy) is 1. The summed E-state index contributed by atoms with van der Waals surface area (Å²) >= 11 is 0.